The van der Waals surface area contributed by atoms with Crippen molar-refractivity contribution in [3.05, 3.63) is 47.0 Å². The average molecular weight is 417 g/mol. The van der Waals surface area contributed by atoms with Crippen molar-refractivity contribution >= 4 is 29.1 Å². The van der Waals surface area contributed by atoms with Crippen molar-refractivity contribution in [2.75, 3.05) is 31.2 Å². The second-order valence-corrected chi connectivity index (χ2v) is 7.26. The minimum absolute atomic E-state index is 0.0640. The predicted molar refractivity (Wildman–Crippen MR) is 108 cm³/mol. The number of benzene rings is 2. The van der Waals surface area contributed by atoms with Gasteiger partial charge in [0.05, 0.1) is 10.7 Å². The summed E-state index contributed by atoms with van der Waals surface area (Å²) in [5, 5.41) is 3.35. The molecular formula is C21H21ClN2O5. The van der Waals surface area contributed by atoms with Crippen LogP contribution >= 0.6 is 11.6 Å². The van der Waals surface area contributed by atoms with Crippen LogP contribution in [-0.4, -0.2) is 44.2 Å². The maximum atomic E-state index is 12.5. The Kier molecular flexibility index (Phi) is 5.49. The molecule has 2 aromatic carbocycles. The van der Waals surface area contributed by atoms with Crippen LogP contribution in [0.15, 0.2) is 36.4 Å². The Hall–Kier alpha value is -2.93. The molecule has 0 spiro atoms. The molecule has 2 amide bonds. The normalized spacial score (nSPS) is 17.4. The van der Waals surface area contributed by atoms with Gasteiger partial charge in [0.1, 0.15) is 25.5 Å². The molecule has 0 fully saturated rings. The first-order valence-corrected chi connectivity index (χ1v) is 9.82. The number of para-hydroxylation sites is 2. The van der Waals surface area contributed by atoms with Crippen molar-refractivity contribution in [3.63, 3.8) is 0 Å². The quantitative estimate of drug-likeness (QED) is 0.810. The van der Waals surface area contributed by atoms with Gasteiger partial charge in [-0.3, -0.25) is 14.5 Å². The lowest BCUT2D eigenvalue weighted by atomic mass is 10.1. The third-order valence-corrected chi connectivity index (χ3v) is 5.05. The monoisotopic (exact) mass is 416 g/mol. The number of nitrogens with one attached hydrogen (secondary N) is 1. The molecule has 152 valence electrons. The smallest absolute Gasteiger partial charge is 0.268 e. The molecule has 0 saturated heterocycles. The standard InChI is InChI=1S/C21H21ClN2O5/c1-13-21(26)24(16-4-2-3-5-17(16)29-13)12-19(25)23-7-6-14-10-15(22)20-18(11-14)27-8-9-28-20/h2-5,10-11,13H,6-9,12H2,1H3,(H,23,25)/t13-/m0/s1. The molecule has 29 heavy (non-hydrogen) atoms. The zero-order valence-electron chi connectivity index (χ0n) is 15.9. The van der Waals surface area contributed by atoms with Gasteiger partial charge in [0.15, 0.2) is 17.6 Å². The molecule has 1 N–H and O–H groups in total. The summed E-state index contributed by atoms with van der Waals surface area (Å²) in [5.74, 6) is 1.29. The van der Waals surface area contributed by atoms with Crippen LogP contribution in [0, 0.1) is 0 Å². The van der Waals surface area contributed by atoms with Gasteiger partial charge < -0.3 is 19.5 Å². The fourth-order valence-corrected chi connectivity index (χ4v) is 3.66. The van der Waals surface area contributed by atoms with Crippen molar-refractivity contribution in [3.8, 4) is 17.2 Å². The van der Waals surface area contributed by atoms with Gasteiger partial charge in [-0.15, -0.1) is 0 Å². The number of hydrogen-bond donors (Lipinski definition) is 1. The summed E-state index contributed by atoms with van der Waals surface area (Å²) in [4.78, 5) is 26.4. The second kappa shape index (κ2) is 8.21. The third kappa shape index (κ3) is 4.10. The van der Waals surface area contributed by atoms with Crippen LogP contribution in [0.25, 0.3) is 0 Å². The van der Waals surface area contributed by atoms with Crippen molar-refractivity contribution in [2.45, 2.75) is 19.4 Å². The highest BCUT2D eigenvalue weighted by Gasteiger charge is 2.32. The van der Waals surface area contributed by atoms with Gasteiger partial charge in [0, 0.05) is 6.54 Å². The zero-order chi connectivity index (χ0) is 20.4. The van der Waals surface area contributed by atoms with Crippen molar-refractivity contribution in [1.29, 1.82) is 0 Å². The van der Waals surface area contributed by atoms with Crippen LogP contribution in [0.4, 0.5) is 5.69 Å². The summed E-state index contributed by atoms with van der Waals surface area (Å²) < 4.78 is 16.7. The van der Waals surface area contributed by atoms with Gasteiger partial charge in [0.2, 0.25) is 5.91 Å². The predicted octanol–water partition coefficient (Wildman–Crippen LogP) is 2.58. The van der Waals surface area contributed by atoms with E-state index in [0.29, 0.717) is 54.1 Å². The van der Waals surface area contributed by atoms with Crippen LogP contribution < -0.4 is 24.4 Å². The summed E-state index contributed by atoms with van der Waals surface area (Å²) in [7, 11) is 0. The van der Waals surface area contributed by atoms with Gasteiger partial charge in [0.25, 0.3) is 5.91 Å². The van der Waals surface area contributed by atoms with Gasteiger partial charge >= 0.3 is 0 Å². The second-order valence-electron chi connectivity index (χ2n) is 6.85. The maximum absolute atomic E-state index is 12.5. The number of carbonyl (C=O) groups excluding carboxylic acids is 2. The first-order valence-electron chi connectivity index (χ1n) is 9.44. The first-order chi connectivity index (χ1) is 14.0. The van der Waals surface area contributed by atoms with Gasteiger partial charge in [-0.05, 0) is 43.2 Å². The molecule has 0 saturated carbocycles. The highest BCUT2D eigenvalue weighted by Crippen LogP contribution is 2.38. The summed E-state index contributed by atoms with van der Waals surface area (Å²) >= 11 is 6.25. The van der Waals surface area contributed by atoms with E-state index in [9.17, 15) is 9.59 Å². The molecule has 2 aliphatic rings. The van der Waals surface area contributed by atoms with Crippen LogP contribution in [0.2, 0.25) is 5.02 Å². The molecule has 8 heteroatoms. The van der Waals surface area contributed by atoms with Gasteiger partial charge in [-0.25, -0.2) is 0 Å². The molecule has 4 rings (SSSR count). The number of hydrogen-bond acceptors (Lipinski definition) is 5. The topological polar surface area (TPSA) is 77.1 Å². The first kappa shape index (κ1) is 19.4. The molecule has 0 bridgehead atoms. The largest absolute Gasteiger partial charge is 0.486 e. The molecule has 2 heterocycles. The van der Waals surface area contributed by atoms with E-state index in [-0.39, 0.29) is 18.4 Å². The Labute approximate surface area is 173 Å². The Morgan fingerprint density at radius 3 is 2.86 bits per heavy atom. The lowest BCUT2D eigenvalue weighted by Crippen LogP contribution is -2.49. The van der Waals surface area contributed by atoms with Crippen LogP contribution in [0.3, 0.4) is 0 Å². The summed E-state index contributed by atoms with van der Waals surface area (Å²) in [6, 6.07) is 10.9. The van der Waals surface area contributed by atoms with E-state index in [4.69, 9.17) is 25.8 Å². The number of nitrogens with zero attached hydrogens (tertiary/aromatic N) is 1. The number of anilines is 1. The number of rotatable bonds is 5. The van der Waals surface area contributed by atoms with Crippen molar-refractivity contribution < 1.29 is 23.8 Å². The summed E-state index contributed by atoms with van der Waals surface area (Å²) in [6.45, 7) is 2.98. The van der Waals surface area contributed by atoms with E-state index >= 15 is 0 Å². The fourth-order valence-electron chi connectivity index (χ4n) is 3.38. The molecule has 0 radical (unpaired) electrons. The Bertz CT molecular complexity index is 949. The molecule has 0 unspecified atom stereocenters. The van der Waals surface area contributed by atoms with E-state index in [2.05, 4.69) is 5.32 Å². The van der Waals surface area contributed by atoms with Gasteiger partial charge in [-0.2, -0.15) is 0 Å². The Morgan fingerprint density at radius 2 is 2.00 bits per heavy atom. The average Bonchev–Trinajstić information content (AvgIpc) is 2.71. The molecule has 1 atom stereocenters. The minimum atomic E-state index is -0.627. The van der Waals surface area contributed by atoms with Crippen molar-refractivity contribution in [2.24, 2.45) is 0 Å². The van der Waals surface area contributed by atoms with Crippen molar-refractivity contribution in [1.82, 2.24) is 5.32 Å². The van der Waals surface area contributed by atoms with E-state index in [0.717, 1.165) is 5.56 Å². The molecule has 0 aliphatic carbocycles. The van der Waals surface area contributed by atoms with Crippen LogP contribution in [-0.2, 0) is 16.0 Å². The highest BCUT2D eigenvalue weighted by atomic mass is 35.5. The van der Waals surface area contributed by atoms with E-state index < -0.39 is 6.10 Å². The number of fused-ring (bicyclic) bond motifs is 2. The van der Waals surface area contributed by atoms with Crippen LogP contribution in [0.1, 0.15) is 12.5 Å². The number of halogens is 1. The molecular weight excluding hydrogens is 396 g/mol. The minimum Gasteiger partial charge on any atom is -0.486 e. The number of carbonyl (C=O) groups is 2. The summed E-state index contributed by atoms with van der Waals surface area (Å²) in [5.41, 5.74) is 1.53. The Morgan fingerprint density at radius 1 is 1.21 bits per heavy atom. The van der Waals surface area contributed by atoms with E-state index in [1.165, 1.54) is 4.90 Å². The fraction of sp³-hybridized carbons (Fsp3) is 0.333. The lowest BCUT2D eigenvalue weighted by Gasteiger charge is -2.32. The molecule has 2 aromatic rings. The maximum Gasteiger partial charge on any atom is 0.268 e. The van der Waals surface area contributed by atoms with E-state index in [1.807, 2.05) is 24.3 Å². The van der Waals surface area contributed by atoms with E-state index in [1.54, 1.807) is 19.1 Å². The molecule has 0 aromatic heterocycles. The zero-order valence-corrected chi connectivity index (χ0v) is 16.7. The SMILES string of the molecule is C[C@@H]1Oc2ccccc2N(CC(=O)NCCc2cc(Cl)c3c(c2)OCCO3)C1=O. The number of ether oxygens (including phenoxy) is 3. The highest BCUT2D eigenvalue weighted by molar-refractivity contribution is 6.32. The summed E-state index contributed by atoms with van der Waals surface area (Å²) in [6.07, 6.45) is -0.0517. The third-order valence-electron chi connectivity index (χ3n) is 4.77. The number of amides is 2. The molecule has 2 aliphatic heterocycles. The Balaban J connectivity index is 1.36. The van der Waals surface area contributed by atoms with Gasteiger partial charge in [-0.1, -0.05) is 23.7 Å². The lowest BCUT2D eigenvalue weighted by molar-refractivity contribution is -0.128. The molecule has 7 nitrogen and oxygen atoms in total. The van der Waals surface area contributed by atoms with Crippen LogP contribution in [0.5, 0.6) is 17.2 Å².